The number of hydrogen-bond acceptors (Lipinski definition) is 2. The molecule has 0 spiro atoms. The van der Waals surface area contributed by atoms with Gasteiger partial charge in [-0.15, -0.1) is 0 Å². The molecule has 7 saturated carbocycles. The van der Waals surface area contributed by atoms with Crippen LogP contribution >= 0.6 is 0 Å². The molecule has 0 aromatic rings. The van der Waals surface area contributed by atoms with E-state index in [4.69, 9.17) is 9.47 Å². The molecule has 0 saturated heterocycles. The summed E-state index contributed by atoms with van der Waals surface area (Å²) in [4.78, 5) is 0. The van der Waals surface area contributed by atoms with Gasteiger partial charge in [-0.05, 0) is 208 Å². The van der Waals surface area contributed by atoms with Gasteiger partial charge in [-0.25, -0.2) is 4.39 Å². The average Bonchev–Trinajstić information content (AvgIpc) is 3.35. The van der Waals surface area contributed by atoms with E-state index in [-0.39, 0.29) is 11.8 Å². The quantitative estimate of drug-likeness (QED) is 0.0895. The first-order valence-electron chi connectivity index (χ1n) is 29.9. The summed E-state index contributed by atoms with van der Waals surface area (Å²) in [5.74, 6) is 24.0. The van der Waals surface area contributed by atoms with Crippen molar-refractivity contribution in [3.63, 3.8) is 0 Å². The number of hydrogen-bond donors (Lipinski definition) is 0. The fraction of sp³-hybridized carbons (Fsp3) is 0.935. The monoisotopic (exact) mass is 899 g/mol. The number of rotatable bonds is 20. The Balaban J connectivity index is 0.700. The van der Waals surface area contributed by atoms with Crippen LogP contribution in [0.4, 0.5) is 4.39 Å². The molecule has 7 aliphatic rings. The third kappa shape index (κ3) is 18.3. The van der Waals surface area contributed by atoms with Crippen LogP contribution in [-0.2, 0) is 9.47 Å². The maximum absolute atomic E-state index is 15.0. The predicted octanol–water partition coefficient (Wildman–Crippen LogP) is 17.8. The van der Waals surface area contributed by atoms with Crippen LogP contribution in [0.15, 0.2) is 0 Å². The van der Waals surface area contributed by atoms with Crippen LogP contribution in [0.2, 0.25) is 0 Å². The Labute approximate surface area is 402 Å². The fourth-order valence-electron chi connectivity index (χ4n) is 15.0. The Hall–Kier alpha value is -1.03. The third-order valence-electron chi connectivity index (χ3n) is 19.5. The molecular weight excluding hydrogens is 796 g/mol. The van der Waals surface area contributed by atoms with Gasteiger partial charge in [0.05, 0.1) is 12.2 Å². The molecule has 7 aliphatic carbocycles. The zero-order valence-corrected chi connectivity index (χ0v) is 42.8. The Morgan fingerprint density at radius 3 is 0.985 bits per heavy atom. The first-order chi connectivity index (χ1) is 32.0. The van der Waals surface area contributed by atoms with E-state index in [0.29, 0.717) is 36.9 Å². The summed E-state index contributed by atoms with van der Waals surface area (Å²) < 4.78 is 27.6. The van der Waals surface area contributed by atoms with Crippen LogP contribution in [0.5, 0.6) is 0 Å². The van der Waals surface area contributed by atoms with Crippen molar-refractivity contribution in [2.75, 3.05) is 13.2 Å². The van der Waals surface area contributed by atoms with Crippen molar-refractivity contribution in [3.8, 4) is 23.7 Å². The lowest BCUT2D eigenvalue weighted by atomic mass is 9.69. The van der Waals surface area contributed by atoms with E-state index in [2.05, 4.69) is 37.5 Å². The second-order valence-corrected chi connectivity index (χ2v) is 24.4. The molecule has 0 aromatic carbocycles. The predicted molar refractivity (Wildman–Crippen MR) is 273 cm³/mol. The molecule has 65 heavy (non-hydrogen) atoms. The lowest BCUT2D eigenvalue weighted by molar-refractivity contribution is 0.00512. The minimum atomic E-state index is -0.724. The number of unbranched alkanes of at least 4 members (excludes halogenated alkanes) is 6. The topological polar surface area (TPSA) is 18.5 Å². The standard InChI is InChI=1S/C62H103FO2/c1-3-5-7-9-43-64-61-39-35-58(36-40-61)56-31-27-52(28-32-56)21-19-48-11-15-50(16-12-48)23-25-54-45-55(47-60(63)46-54)26-24-51-17-13-49(14-18-51)20-22-53-29-33-57(34-30-53)59-37-41-62(42-38-59)65-44-10-8-6-4-2/h48-62H,3-22,27-47H2,1-2H3. The maximum Gasteiger partial charge on any atom is 0.102 e. The molecule has 0 heterocycles. The van der Waals surface area contributed by atoms with Gasteiger partial charge in [0.15, 0.2) is 0 Å². The van der Waals surface area contributed by atoms with Crippen LogP contribution in [-0.4, -0.2) is 31.6 Å². The van der Waals surface area contributed by atoms with E-state index < -0.39 is 6.17 Å². The molecular formula is C62H103FO2. The Kier molecular flexibility index (Phi) is 23.3. The maximum atomic E-state index is 15.0. The lowest BCUT2D eigenvalue weighted by Crippen LogP contribution is -2.29. The van der Waals surface area contributed by atoms with Crippen molar-refractivity contribution in [3.05, 3.63) is 0 Å². The highest BCUT2D eigenvalue weighted by Crippen LogP contribution is 2.45. The van der Waals surface area contributed by atoms with Crippen molar-refractivity contribution < 1.29 is 13.9 Å². The zero-order valence-electron chi connectivity index (χ0n) is 42.8. The minimum absolute atomic E-state index is 0.208. The summed E-state index contributed by atoms with van der Waals surface area (Å²) in [5.41, 5.74) is 0. The SMILES string of the molecule is CCCCCCOC1CCC(C2CCC(CCC3CCC(C#CC4CC(F)CC(C#CC5CCC(CCC6CCC(C7CCC(OCCCCCC)CC7)CC6)CC5)C4)CC3)CC2)CC1. The average molecular weight is 900 g/mol. The first kappa shape index (κ1) is 51.8. The second kappa shape index (κ2) is 29.2. The van der Waals surface area contributed by atoms with E-state index in [0.717, 1.165) is 67.0 Å². The summed E-state index contributed by atoms with van der Waals surface area (Å²) in [5, 5.41) is 0. The normalized spacial score (nSPS) is 38.2. The van der Waals surface area contributed by atoms with E-state index in [1.54, 1.807) is 0 Å². The van der Waals surface area contributed by atoms with Gasteiger partial charge in [0.2, 0.25) is 0 Å². The van der Waals surface area contributed by atoms with Crippen molar-refractivity contribution in [1.82, 2.24) is 0 Å². The van der Waals surface area contributed by atoms with Crippen molar-refractivity contribution >= 4 is 0 Å². The van der Waals surface area contributed by atoms with Gasteiger partial charge in [0.1, 0.15) is 6.17 Å². The number of ether oxygens (including phenoxy) is 2. The van der Waals surface area contributed by atoms with Gasteiger partial charge in [-0.3, -0.25) is 0 Å². The van der Waals surface area contributed by atoms with Crippen molar-refractivity contribution in [2.45, 2.75) is 283 Å². The van der Waals surface area contributed by atoms with E-state index >= 15 is 4.39 Å². The summed E-state index contributed by atoms with van der Waals surface area (Å²) in [6.45, 7) is 6.56. The van der Waals surface area contributed by atoms with Crippen molar-refractivity contribution in [1.29, 1.82) is 0 Å². The highest BCUT2D eigenvalue weighted by molar-refractivity contribution is 5.15. The molecule has 0 amide bonds. The minimum Gasteiger partial charge on any atom is -0.378 e. The summed E-state index contributed by atoms with van der Waals surface area (Å²) in [6, 6.07) is 0. The molecule has 2 atom stereocenters. The largest absolute Gasteiger partial charge is 0.378 e. The van der Waals surface area contributed by atoms with Gasteiger partial charge in [0, 0.05) is 36.9 Å². The van der Waals surface area contributed by atoms with Crippen LogP contribution in [0, 0.1) is 94.7 Å². The molecule has 370 valence electrons. The van der Waals surface area contributed by atoms with Gasteiger partial charge in [-0.1, -0.05) is 127 Å². The molecule has 7 fully saturated rings. The molecule has 2 nitrogen and oxygen atoms in total. The second-order valence-electron chi connectivity index (χ2n) is 24.4. The van der Waals surface area contributed by atoms with E-state index in [9.17, 15) is 0 Å². The highest BCUT2D eigenvalue weighted by Gasteiger charge is 2.34. The third-order valence-corrected chi connectivity index (χ3v) is 19.5. The van der Waals surface area contributed by atoms with Gasteiger partial charge < -0.3 is 9.47 Å². The first-order valence-corrected chi connectivity index (χ1v) is 29.9. The Morgan fingerprint density at radius 1 is 0.338 bits per heavy atom. The molecule has 7 rings (SSSR count). The summed E-state index contributed by atoms with van der Waals surface area (Å²) in [7, 11) is 0. The Bertz CT molecular complexity index is 1270. The molecule has 0 aromatic heterocycles. The highest BCUT2D eigenvalue weighted by atomic mass is 19.1. The fourth-order valence-corrected chi connectivity index (χ4v) is 15.0. The van der Waals surface area contributed by atoms with Crippen LogP contribution in [0.1, 0.15) is 264 Å². The van der Waals surface area contributed by atoms with Crippen molar-refractivity contribution in [2.24, 2.45) is 71.0 Å². The molecule has 0 aliphatic heterocycles. The summed E-state index contributed by atoms with van der Waals surface area (Å²) in [6.07, 6.45) is 52.4. The molecule has 0 radical (unpaired) electrons. The smallest absolute Gasteiger partial charge is 0.102 e. The molecule has 0 bridgehead atoms. The van der Waals surface area contributed by atoms with Gasteiger partial charge in [0.25, 0.3) is 0 Å². The number of alkyl halides is 1. The molecule has 3 heteroatoms. The zero-order chi connectivity index (χ0) is 44.9. The molecule has 2 unspecified atom stereocenters. The van der Waals surface area contributed by atoms with Gasteiger partial charge >= 0.3 is 0 Å². The summed E-state index contributed by atoms with van der Waals surface area (Å²) >= 11 is 0. The van der Waals surface area contributed by atoms with E-state index in [1.807, 2.05) is 0 Å². The van der Waals surface area contributed by atoms with E-state index in [1.165, 1.54) is 231 Å². The molecule has 0 N–H and O–H groups in total. The van der Waals surface area contributed by atoms with Crippen LogP contribution in [0.3, 0.4) is 0 Å². The van der Waals surface area contributed by atoms with Gasteiger partial charge in [-0.2, -0.15) is 0 Å². The van der Waals surface area contributed by atoms with Crippen LogP contribution in [0.25, 0.3) is 0 Å². The lowest BCUT2D eigenvalue weighted by Gasteiger charge is -2.38. The Morgan fingerprint density at radius 2 is 0.646 bits per heavy atom. The van der Waals surface area contributed by atoms with Crippen LogP contribution < -0.4 is 0 Å². The number of halogens is 1.